The summed E-state index contributed by atoms with van der Waals surface area (Å²) >= 11 is 0. The fourth-order valence-corrected chi connectivity index (χ4v) is 2.96. The van der Waals surface area contributed by atoms with Gasteiger partial charge in [-0.1, -0.05) is 0 Å². The van der Waals surface area contributed by atoms with Crippen molar-refractivity contribution in [3.8, 4) is 11.5 Å². The van der Waals surface area contributed by atoms with Gasteiger partial charge in [-0.25, -0.2) is 4.99 Å². The molecule has 0 aliphatic carbocycles. The van der Waals surface area contributed by atoms with Gasteiger partial charge in [0.05, 0.1) is 13.7 Å². The van der Waals surface area contributed by atoms with E-state index >= 15 is 0 Å². The van der Waals surface area contributed by atoms with E-state index < -0.39 is 0 Å². The standard InChI is InChI=1S/C19H31N3O3/c1-4-20-19(22(2)10-7-15-8-11-25-12-9-15)21-14-16-13-17(24-3)5-6-18(16)23/h5-6,13,15,23H,4,7-12,14H2,1-3H3,(H,20,21). The zero-order valence-corrected chi connectivity index (χ0v) is 15.6. The number of phenols is 1. The SMILES string of the molecule is CCNC(=NCc1cc(OC)ccc1O)N(C)CCC1CCOCC1. The van der Waals surface area contributed by atoms with Crippen molar-refractivity contribution >= 4 is 5.96 Å². The maximum Gasteiger partial charge on any atom is 0.193 e. The molecular formula is C19H31N3O3. The smallest absolute Gasteiger partial charge is 0.193 e. The minimum atomic E-state index is 0.241. The largest absolute Gasteiger partial charge is 0.508 e. The number of hydrogen-bond donors (Lipinski definition) is 2. The predicted molar refractivity (Wildman–Crippen MR) is 100 cm³/mol. The van der Waals surface area contributed by atoms with Crippen LogP contribution >= 0.6 is 0 Å². The molecule has 0 spiro atoms. The number of ether oxygens (including phenoxy) is 2. The van der Waals surface area contributed by atoms with Gasteiger partial charge in [-0.2, -0.15) is 0 Å². The van der Waals surface area contributed by atoms with Gasteiger partial charge in [-0.3, -0.25) is 0 Å². The van der Waals surface area contributed by atoms with Crippen LogP contribution in [0.1, 0.15) is 31.7 Å². The van der Waals surface area contributed by atoms with Gasteiger partial charge in [0.1, 0.15) is 11.5 Å². The lowest BCUT2D eigenvalue weighted by Crippen LogP contribution is -2.40. The zero-order chi connectivity index (χ0) is 18.1. The maximum atomic E-state index is 10.0. The Morgan fingerprint density at radius 3 is 2.84 bits per heavy atom. The van der Waals surface area contributed by atoms with Crippen molar-refractivity contribution in [1.82, 2.24) is 10.2 Å². The van der Waals surface area contributed by atoms with E-state index in [0.29, 0.717) is 6.54 Å². The molecule has 1 saturated heterocycles. The molecule has 0 bridgehead atoms. The molecule has 1 aliphatic heterocycles. The third-order valence-electron chi connectivity index (χ3n) is 4.60. The highest BCUT2D eigenvalue weighted by Gasteiger charge is 2.15. The fourth-order valence-electron chi connectivity index (χ4n) is 2.96. The highest BCUT2D eigenvalue weighted by atomic mass is 16.5. The highest BCUT2D eigenvalue weighted by Crippen LogP contribution is 2.23. The van der Waals surface area contributed by atoms with E-state index in [0.717, 1.165) is 68.8 Å². The van der Waals surface area contributed by atoms with E-state index in [-0.39, 0.29) is 5.75 Å². The topological polar surface area (TPSA) is 66.3 Å². The van der Waals surface area contributed by atoms with E-state index in [1.807, 2.05) is 6.07 Å². The molecule has 0 saturated carbocycles. The molecule has 25 heavy (non-hydrogen) atoms. The average Bonchev–Trinajstić information content (AvgIpc) is 2.65. The van der Waals surface area contributed by atoms with Crippen LogP contribution in [0, 0.1) is 5.92 Å². The maximum absolute atomic E-state index is 10.0. The lowest BCUT2D eigenvalue weighted by molar-refractivity contribution is 0.0625. The number of aromatic hydroxyl groups is 1. The Morgan fingerprint density at radius 2 is 2.16 bits per heavy atom. The molecule has 1 aromatic rings. The van der Waals surface area contributed by atoms with Crippen molar-refractivity contribution in [2.45, 2.75) is 32.7 Å². The van der Waals surface area contributed by atoms with Crippen LogP contribution in [0.15, 0.2) is 23.2 Å². The van der Waals surface area contributed by atoms with Crippen LogP contribution in [0.25, 0.3) is 0 Å². The second-order valence-corrected chi connectivity index (χ2v) is 6.43. The van der Waals surface area contributed by atoms with Crippen molar-refractivity contribution in [1.29, 1.82) is 0 Å². The molecule has 0 unspecified atom stereocenters. The molecule has 0 amide bonds. The van der Waals surface area contributed by atoms with Crippen LogP contribution in [-0.2, 0) is 11.3 Å². The fraction of sp³-hybridized carbons (Fsp3) is 0.632. The highest BCUT2D eigenvalue weighted by molar-refractivity contribution is 5.79. The predicted octanol–water partition coefficient (Wildman–Crippen LogP) is 2.61. The first kappa shape index (κ1) is 19.4. The molecule has 140 valence electrons. The number of methoxy groups -OCH3 is 1. The van der Waals surface area contributed by atoms with Gasteiger partial charge in [0.15, 0.2) is 5.96 Å². The van der Waals surface area contributed by atoms with Crippen molar-refractivity contribution in [2.24, 2.45) is 10.9 Å². The van der Waals surface area contributed by atoms with Gasteiger partial charge in [-0.05, 0) is 50.3 Å². The summed E-state index contributed by atoms with van der Waals surface area (Å²) < 4.78 is 10.6. The molecule has 1 fully saturated rings. The van der Waals surface area contributed by atoms with Crippen molar-refractivity contribution in [3.63, 3.8) is 0 Å². The summed E-state index contributed by atoms with van der Waals surface area (Å²) in [4.78, 5) is 6.84. The lowest BCUT2D eigenvalue weighted by atomic mass is 9.96. The summed E-state index contributed by atoms with van der Waals surface area (Å²) in [5.74, 6) is 2.56. The summed E-state index contributed by atoms with van der Waals surface area (Å²) in [6.45, 7) is 6.01. The Balaban J connectivity index is 1.96. The lowest BCUT2D eigenvalue weighted by Gasteiger charge is -2.27. The number of aliphatic imine (C=N–C) groups is 1. The molecule has 6 heteroatoms. The van der Waals surface area contributed by atoms with Gasteiger partial charge < -0.3 is 24.8 Å². The zero-order valence-electron chi connectivity index (χ0n) is 15.6. The van der Waals surface area contributed by atoms with Crippen LogP contribution in [0.5, 0.6) is 11.5 Å². The Kier molecular flexibility index (Phi) is 7.85. The molecule has 0 radical (unpaired) electrons. The summed E-state index contributed by atoms with van der Waals surface area (Å²) in [6.07, 6.45) is 3.45. The molecular weight excluding hydrogens is 318 g/mol. The molecule has 0 atom stereocenters. The number of nitrogens with zero attached hydrogens (tertiary/aromatic N) is 2. The number of guanidine groups is 1. The summed E-state index contributed by atoms with van der Waals surface area (Å²) in [5.41, 5.74) is 0.757. The Morgan fingerprint density at radius 1 is 1.40 bits per heavy atom. The number of benzene rings is 1. The van der Waals surface area contributed by atoms with Crippen molar-refractivity contribution in [3.05, 3.63) is 23.8 Å². The third kappa shape index (κ3) is 6.12. The first-order valence-corrected chi connectivity index (χ1v) is 9.07. The van der Waals surface area contributed by atoms with E-state index in [2.05, 4.69) is 29.2 Å². The molecule has 6 nitrogen and oxygen atoms in total. The van der Waals surface area contributed by atoms with Gasteiger partial charge in [0.2, 0.25) is 0 Å². The number of nitrogens with one attached hydrogen (secondary N) is 1. The van der Waals surface area contributed by atoms with Gasteiger partial charge >= 0.3 is 0 Å². The number of hydrogen-bond acceptors (Lipinski definition) is 4. The number of phenolic OH excluding ortho intramolecular Hbond substituents is 1. The second-order valence-electron chi connectivity index (χ2n) is 6.43. The van der Waals surface area contributed by atoms with Crippen LogP contribution in [0.4, 0.5) is 0 Å². The van der Waals surface area contributed by atoms with E-state index in [9.17, 15) is 5.11 Å². The van der Waals surface area contributed by atoms with Gasteiger partial charge in [0.25, 0.3) is 0 Å². The van der Waals surface area contributed by atoms with Crippen LogP contribution in [0.2, 0.25) is 0 Å². The molecule has 1 heterocycles. The normalized spacial score (nSPS) is 15.9. The Hall–Kier alpha value is -1.95. The first-order chi connectivity index (χ1) is 12.1. The minimum Gasteiger partial charge on any atom is -0.508 e. The molecule has 2 N–H and O–H groups in total. The first-order valence-electron chi connectivity index (χ1n) is 9.07. The van der Waals surface area contributed by atoms with E-state index in [4.69, 9.17) is 9.47 Å². The Bertz CT molecular complexity index is 557. The quantitative estimate of drug-likeness (QED) is 0.585. The second kappa shape index (κ2) is 10.1. The van der Waals surface area contributed by atoms with Crippen LogP contribution in [0.3, 0.4) is 0 Å². The minimum absolute atomic E-state index is 0.241. The molecule has 1 aliphatic rings. The third-order valence-corrected chi connectivity index (χ3v) is 4.60. The van der Waals surface area contributed by atoms with Gasteiger partial charge in [-0.15, -0.1) is 0 Å². The van der Waals surface area contributed by atoms with E-state index in [1.165, 1.54) is 0 Å². The van der Waals surface area contributed by atoms with E-state index in [1.54, 1.807) is 19.2 Å². The summed E-state index contributed by atoms with van der Waals surface area (Å²) in [5, 5.41) is 13.3. The van der Waals surface area contributed by atoms with Crippen LogP contribution < -0.4 is 10.1 Å². The molecule has 2 rings (SSSR count). The number of rotatable bonds is 7. The van der Waals surface area contributed by atoms with Crippen LogP contribution in [-0.4, -0.2) is 56.4 Å². The monoisotopic (exact) mass is 349 g/mol. The average molecular weight is 349 g/mol. The molecule has 0 aromatic heterocycles. The van der Waals surface area contributed by atoms with Crippen molar-refractivity contribution < 1.29 is 14.6 Å². The van der Waals surface area contributed by atoms with Gasteiger partial charge in [0, 0.05) is 38.9 Å². The molecule has 1 aromatic carbocycles. The van der Waals surface area contributed by atoms with Crippen molar-refractivity contribution in [2.75, 3.05) is 40.5 Å². The summed E-state index contributed by atoms with van der Waals surface area (Å²) in [6, 6.07) is 5.21. The summed E-state index contributed by atoms with van der Waals surface area (Å²) in [7, 11) is 3.68. The Labute approximate surface area is 150 Å².